The number of carbonyl (C=O) groups is 3. The lowest BCUT2D eigenvalue weighted by Gasteiger charge is -2.32. The molecule has 2 saturated heterocycles. The number of imide groups is 2. The van der Waals surface area contributed by atoms with Crippen LogP contribution < -0.4 is 0 Å². The van der Waals surface area contributed by atoms with E-state index in [1.54, 1.807) is 19.9 Å². The first kappa shape index (κ1) is 15.3. The molecule has 0 aromatic carbocycles. The van der Waals surface area contributed by atoms with Crippen LogP contribution in [0.1, 0.15) is 26.7 Å². The lowest BCUT2D eigenvalue weighted by Crippen LogP contribution is -2.56. The molecule has 6 nitrogen and oxygen atoms in total. The second-order valence-corrected chi connectivity index (χ2v) is 5.14. The average molecular weight is 291 g/mol. The molecule has 2 rings (SSSR count). The van der Waals surface area contributed by atoms with E-state index in [2.05, 4.69) is 4.90 Å². The van der Waals surface area contributed by atoms with Crippen molar-refractivity contribution >= 4 is 17.8 Å². The molecule has 0 unspecified atom stereocenters. The van der Waals surface area contributed by atoms with Crippen LogP contribution in [0.2, 0.25) is 0 Å². The monoisotopic (exact) mass is 291 g/mol. The lowest BCUT2D eigenvalue weighted by molar-refractivity contribution is -0.135. The molecule has 0 spiro atoms. The Bertz CT molecular complexity index is 508. The highest BCUT2D eigenvalue weighted by molar-refractivity contribution is 6.28. The molecule has 2 heterocycles. The Balaban J connectivity index is 2.34. The molecule has 0 aliphatic carbocycles. The van der Waals surface area contributed by atoms with Gasteiger partial charge in [0.05, 0.1) is 0 Å². The van der Waals surface area contributed by atoms with E-state index in [0.717, 1.165) is 34.9 Å². The first-order valence-electron chi connectivity index (χ1n) is 7.30. The van der Waals surface area contributed by atoms with Gasteiger partial charge in [0.25, 0.3) is 11.8 Å². The van der Waals surface area contributed by atoms with Gasteiger partial charge in [0, 0.05) is 32.4 Å². The van der Waals surface area contributed by atoms with Gasteiger partial charge in [0.1, 0.15) is 5.57 Å². The fourth-order valence-electron chi connectivity index (χ4n) is 2.62. The molecule has 0 atom stereocenters. The Morgan fingerprint density at radius 3 is 2.00 bits per heavy atom. The summed E-state index contributed by atoms with van der Waals surface area (Å²) in [5, 5.41) is 0. The van der Waals surface area contributed by atoms with Crippen molar-refractivity contribution in [2.24, 2.45) is 0 Å². The number of urea groups is 1. The van der Waals surface area contributed by atoms with Crippen molar-refractivity contribution in [1.82, 2.24) is 14.7 Å². The first-order chi connectivity index (χ1) is 10.0. The molecular formula is C15H21N3O3. The van der Waals surface area contributed by atoms with Crippen LogP contribution in [0.15, 0.2) is 23.4 Å². The number of likely N-dealkylation sites (N-methyl/N-ethyl adjacent to an activating group) is 2. The van der Waals surface area contributed by atoms with E-state index in [9.17, 15) is 14.4 Å². The van der Waals surface area contributed by atoms with Crippen LogP contribution >= 0.6 is 0 Å². The largest absolute Gasteiger partial charge is 0.378 e. The Morgan fingerprint density at radius 1 is 1.00 bits per heavy atom. The molecule has 0 aromatic heterocycles. The molecule has 6 heteroatoms. The van der Waals surface area contributed by atoms with Gasteiger partial charge in [-0.3, -0.25) is 19.4 Å². The Hall–Kier alpha value is -2.11. The van der Waals surface area contributed by atoms with E-state index < -0.39 is 17.8 Å². The van der Waals surface area contributed by atoms with Crippen molar-refractivity contribution in [2.75, 3.05) is 26.7 Å². The summed E-state index contributed by atoms with van der Waals surface area (Å²) in [5.74, 6) is -1.01. The zero-order chi connectivity index (χ0) is 15.6. The number of carbonyl (C=O) groups excluding carboxylic acids is 3. The third-order valence-electron chi connectivity index (χ3n) is 3.90. The molecule has 0 aromatic rings. The molecule has 2 aliphatic heterocycles. The first-order valence-corrected chi connectivity index (χ1v) is 7.30. The summed E-state index contributed by atoms with van der Waals surface area (Å²) in [7, 11) is 1.99. The number of hydrogen-bond donors (Lipinski definition) is 0. The zero-order valence-electron chi connectivity index (χ0n) is 12.8. The molecule has 0 radical (unpaired) electrons. The summed E-state index contributed by atoms with van der Waals surface area (Å²) in [6, 6.07) is -0.530. The maximum Gasteiger partial charge on any atom is 0.333 e. The molecule has 2 fully saturated rings. The van der Waals surface area contributed by atoms with Crippen LogP contribution in [0, 0.1) is 0 Å². The van der Waals surface area contributed by atoms with Gasteiger partial charge in [-0.25, -0.2) is 4.79 Å². The quantitative estimate of drug-likeness (QED) is 0.582. The molecule has 4 amide bonds. The summed E-state index contributed by atoms with van der Waals surface area (Å²) in [6.45, 7) is 4.95. The van der Waals surface area contributed by atoms with Crippen LogP contribution in [0.25, 0.3) is 0 Å². The van der Waals surface area contributed by atoms with E-state index in [1.807, 2.05) is 13.1 Å². The topological polar surface area (TPSA) is 60.9 Å². The van der Waals surface area contributed by atoms with E-state index in [0.29, 0.717) is 0 Å². The fraction of sp³-hybridized carbons (Fsp3) is 0.533. The summed E-state index contributed by atoms with van der Waals surface area (Å²) in [6.07, 6.45) is 5.39. The van der Waals surface area contributed by atoms with Crippen LogP contribution in [0.4, 0.5) is 4.79 Å². The number of rotatable bonds is 3. The number of hydrogen-bond acceptors (Lipinski definition) is 4. The molecule has 0 N–H and O–H groups in total. The van der Waals surface area contributed by atoms with Crippen molar-refractivity contribution in [2.45, 2.75) is 26.7 Å². The van der Waals surface area contributed by atoms with Crippen LogP contribution in [-0.4, -0.2) is 59.2 Å². The van der Waals surface area contributed by atoms with Crippen LogP contribution in [-0.2, 0) is 9.59 Å². The second-order valence-electron chi connectivity index (χ2n) is 5.14. The van der Waals surface area contributed by atoms with E-state index >= 15 is 0 Å². The predicted molar refractivity (Wildman–Crippen MR) is 78.2 cm³/mol. The summed E-state index contributed by atoms with van der Waals surface area (Å²) in [5.41, 5.74) is 1.16. The third kappa shape index (κ3) is 2.70. The molecule has 0 saturated carbocycles. The van der Waals surface area contributed by atoms with Gasteiger partial charge in [0.2, 0.25) is 0 Å². The highest BCUT2D eigenvalue weighted by atomic mass is 16.2. The highest BCUT2D eigenvalue weighted by Gasteiger charge is 2.40. The SMILES string of the molecule is CCN1C(=O)C(=C/C=C2\CCCN2C)C(=O)N(CC)C1=O. The van der Waals surface area contributed by atoms with Crippen LogP contribution in [0.5, 0.6) is 0 Å². The molecule has 0 bridgehead atoms. The van der Waals surface area contributed by atoms with Gasteiger partial charge in [-0.05, 0) is 38.8 Å². The van der Waals surface area contributed by atoms with Crippen LogP contribution in [0.3, 0.4) is 0 Å². The summed E-state index contributed by atoms with van der Waals surface area (Å²) >= 11 is 0. The number of likely N-dealkylation sites (tertiary alicyclic amines) is 1. The minimum absolute atomic E-state index is 0.0612. The van der Waals surface area contributed by atoms with Crippen molar-refractivity contribution < 1.29 is 14.4 Å². The number of allylic oxidation sites excluding steroid dienone is 3. The number of barbiturate groups is 1. The third-order valence-corrected chi connectivity index (χ3v) is 3.90. The Labute approximate surface area is 124 Å². The van der Waals surface area contributed by atoms with Gasteiger partial charge >= 0.3 is 6.03 Å². The standard InChI is InChI=1S/C15H21N3O3/c1-4-17-13(19)12(14(20)18(5-2)15(17)21)9-8-11-7-6-10-16(11)3/h8-9H,4-7,10H2,1-3H3/b11-8+. The lowest BCUT2D eigenvalue weighted by atomic mass is 10.1. The summed E-state index contributed by atoms with van der Waals surface area (Å²) < 4.78 is 0. The minimum atomic E-state index is -0.530. The van der Waals surface area contributed by atoms with Gasteiger partial charge in [-0.2, -0.15) is 0 Å². The van der Waals surface area contributed by atoms with Crippen molar-refractivity contribution in [1.29, 1.82) is 0 Å². The fourth-order valence-corrected chi connectivity index (χ4v) is 2.62. The van der Waals surface area contributed by atoms with E-state index in [4.69, 9.17) is 0 Å². The second kappa shape index (κ2) is 6.11. The maximum atomic E-state index is 12.3. The summed E-state index contributed by atoms with van der Waals surface area (Å²) in [4.78, 5) is 40.9. The van der Waals surface area contributed by atoms with Crippen molar-refractivity contribution in [3.05, 3.63) is 23.4 Å². The van der Waals surface area contributed by atoms with Crippen molar-refractivity contribution in [3.63, 3.8) is 0 Å². The van der Waals surface area contributed by atoms with Gasteiger partial charge < -0.3 is 4.90 Å². The predicted octanol–water partition coefficient (Wildman–Crippen LogP) is 1.35. The highest BCUT2D eigenvalue weighted by Crippen LogP contribution is 2.21. The number of amides is 4. The minimum Gasteiger partial charge on any atom is -0.378 e. The van der Waals surface area contributed by atoms with Gasteiger partial charge in [0.15, 0.2) is 0 Å². The normalized spacial score (nSPS) is 21.9. The van der Waals surface area contributed by atoms with Gasteiger partial charge in [-0.15, -0.1) is 0 Å². The molecule has 114 valence electrons. The average Bonchev–Trinajstić information content (AvgIpc) is 2.85. The molecule has 21 heavy (non-hydrogen) atoms. The van der Waals surface area contributed by atoms with Crippen molar-refractivity contribution in [3.8, 4) is 0 Å². The Morgan fingerprint density at radius 2 is 1.57 bits per heavy atom. The van der Waals surface area contributed by atoms with E-state index in [-0.39, 0.29) is 18.7 Å². The molecule has 2 aliphatic rings. The smallest absolute Gasteiger partial charge is 0.333 e. The maximum absolute atomic E-state index is 12.3. The van der Waals surface area contributed by atoms with E-state index in [1.165, 1.54) is 0 Å². The van der Waals surface area contributed by atoms with Gasteiger partial charge in [-0.1, -0.05) is 0 Å². The number of nitrogens with zero attached hydrogens (tertiary/aromatic N) is 3. The molecular weight excluding hydrogens is 270 g/mol. The zero-order valence-corrected chi connectivity index (χ0v) is 12.8. The Kier molecular flexibility index (Phi) is 4.45.